The third kappa shape index (κ3) is 2.65. The van der Waals surface area contributed by atoms with Crippen LogP contribution in [-0.2, 0) is 4.57 Å². The maximum absolute atomic E-state index is 12.2. The van der Waals surface area contributed by atoms with Gasteiger partial charge in [-0.2, -0.15) is 0 Å². The van der Waals surface area contributed by atoms with Gasteiger partial charge in [-0.3, -0.25) is 0 Å². The Morgan fingerprint density at radius 2 is 2.10 bits per heavy atom. The maximum atomic E-state index is 12.2. The first kappa shape index (κ1) is 14.1. The molecule has 2 aliphatic carbocycles. The number of hydrogen-bond donors (Lipinski definition) is 0. The van der Waals surface area contributed by atoms with Gasteiger partial charge in [-0.25, -0.2) is 4.98 Å². The van der Waals surface area contributed by atoms with Gasteiger partial charge in [-0.05, 0) is 68.9 Å². The summed E-state index contributed by atoms with van der Waals surface area (Å²) in [6.07, 6.45) is 8.78. The summed E-state index contributed by atoms with van der Waals surface area (Å²) in [6, 6.07) is 3.90. The lowest BCUT2D eigenvalue weighted by Gasteiger charge is -2.32. The van der Waals surface area contributed by atoms with E-state index in [0.29, 0.717) is 5.41 Å². The quantitative estimate of drug-likeness (QED) is 0.798. The molecule has 1 heterocycles. The van der Waals surface area contributed by atoms with Gasteiger partial charge in [0.25, 0.3) is 0 Å². The number of rotatable bonds is 4. The third-order valence-electron chi connectivity index (χ3n) is 5.20. The molecule has 0 aliphatic heterocycles. The summed E-state index contributed by atoms with van der Waals surface area (Å²) in [4.78, 5) is 6.75. The zero-order valence-electron chi connectivity index (χ0n) is 12.8. The molecule has 0 unspecified atom stereocenters. The second-order valence-corrected chi connectivity index (χ2v) is 10.4. The van der Waals surface area contributed by atoms with E-state index >= 15 is 0 Å². The van der Waals surface area contributed by atoms with Gasteiger partial charge >= 0.3 is 0 Å². The van der Waals surface area contributed by atoms with Crippen molar-refractivity contribution in [1.82, 2.24) is 4.98 Å². The summed E-state index contributed by atoms with van der Waals surface area (Å²) in [5.41, 5.74) is 0.527. The SMILES string of the molecule is CN(CC12CCC(CC1)C2)c1cc(P(C)(C)=O)ccn1. The van der Waals surface area contributed by atoms with Gasteiger partial charge in [0, 0.05) is 25.1 Å². The molecule has 2 saturated carbocycles. The minimum atomic E-state index is -2.20. The second kappa shape index (κ2) is 4.87. The molecule has 0 aromatic carbocycles. The predicted octanol–water partition coefficient (Wildman–Crippen LogP) is 3.35. The van der Waals surface area contributed by atoms with Crippen LogP contribution in [0.15, 0.2) is 18.3 Å². The highest BCUT2D eigenvalue weighted by Gasteiger charge is 2.45. The van der Waals surface area contributed by atoms with E-state index in [4.69, 9.17) is 0 Å². The van der Waals surface area contributed by atoms with Crippen LogP contribution in [0.5, 0.6) is 0 Å². The molecule has 0 atom stereocenters. The van der Waals surface area contributed by atoms with Crippen molar-refractivity contribution in [1.29, 1.82) is 0 Å². The minimum Gasteiger partial charge on any atom is -0.359 e. The molecule has 0 radical (unpaired) electrons. The Labute approximate surface area is 122 Å². The Morgan fingerprint density at radius 1 is 1.40 bits per heavy atom. The van der Waals surface area contributed by atoms with E-state index in [-0.39, 0.29) is 0 Å². The lowest BCUT2D eigenvalue weighted by molar-refractivity contribution is 0.301. The monoisotopic (exact) mass is 292 g/mol. The smallest absolute Gasteiger partial charge is 0.128 e. The lowest BCUT2D eigenvalue weighted by atomic mass is 9.84. The van der Waals surface area contributed by atoms with E-state index in [2.05, 4.69) is 16.9 Å². The van der Waals surface area contributed by atoms with Gasteiger partial charge in [0.2, 0.25) is 0 Å². The fourth-order valence-corrected chi connectivity index (χ4v) is 4.92. The normalized spacial score (nSPS) is 28.9. The van der Waals surface area contributed by atoms with Crippen LogP contribution in [0, 0.1) is 11.3 Å². The summed E-state index contributed by atoms with van der Waals surface area (Å²) in [5, 5.41) is 0.933. The van der Waals surface area contributed by atoms with Crippen LogP contribution >= 0.6 is 7.14 Å². The number of aromatic nitrogens is 1. The van der Waals surface area contributed by atoms with Gasteiger partial charge in [-0.15, -0.1) is 0 Å². The van der Waals surface area contributed by atoms with Crippen LogP contribution in [0.4, 0.5) is 5.82 Å². The van der Waals surface area contributed by atoms with E-state index in [1.165, 1.54) is 32.1 Å². The molecule has 2 bridgehead atoms. The molecule has 20 heavy (non-hydrogen) atoms. The summed E-state index contributed by atoms with van der Waals surface area (Å²) in [7, 11) is -0.0750. The van der Waals surface area contributed by atoms with E-state index in [0.717, 1.165) is 23.6 Å². The number of pyridine rings is 1. The highest BCUT2D eigenvalue weighted by molar-refractivity contribution is 7.70. The highest BCUT2D eigenvalue weighted by Crippen LogP contribution is 2.54. The summed E-state index contributed by atoms with van der Waals surface area (Å²) >= 11 is 0. The third-order valence-corrected chi connectivity index (χ3v) is 6.72. The van der Waals surface area contributed by atoms with Crippen molar-refractivity contribution in [3.63, 3.8) is 0 Å². The van der Waals surface area contributed by atoms with Crippen LogP contribution in [-0.4, -0.2) is 31.9 Å². The Morgan fingerprint density at radius 3 is 2.65 bits per heavy atom. The molecular formula is C16H25N2OP. The van der Waals surface area contributed by atoms with Crippen LogP contribution in [0.25, 0.3) is 0 Å². The van der Waals surface area contributed by atoms with Crippen LogP contribution in [0.2, 0.25) is 0 Å². The van der Waals surface area contributed by atoms with E-state index in [9.17, 15) is 4.57 Å². The van der Waals surface area contributed by atoms with Crippen molar-refractivity contribution < 1.29 is 4.57 Å². The van der Waals surface area contributed by atoms with Crippen molar-refractivity contribution in [2.75, 3.05) is 31.8 Å². The summed E-state index contributed by atoms with van der Waals surface area (Å²) in [6.45, 7) is 4.74. The average Bonchev–Trinajstić information content (AvgIpc) is 2.98. The molecule has 1 aromatic rings. The molecule has 1 aromatic heterocycles. The van der Waals surface area contributed by atoms with Gasteiger partial charge in [0.1, 0.15) is 13.0 Å². The topological polar surface area (TPSA) is 33.2 Å². The fraction of sp³-hybridized carbons (Fsp3) is 0.688. The second-order valence-electron chi connectivity index (χ2n) is 7.23. The average molecular weight is 292 g/mol. The fourth-order valence-electron chi connectivity index (χ4n) is 4.07. The molecule has 0 spiro atoms. The zero-order valence-corrected chi connectivity index (χ0v) is 13.7. The van der Waals surface area contributed by atoms with Crippen LogP contribution < -0.4 is 10.2 Å². The van der Waals surface area contributed by atoms with Gasteiger partial charge in [-0.1, -0.05) is 0 Å². The van der Waals surface area contributed by atoms with Crippen molar-refractivity contribution in [2.24, 2.45) is 11.3 Å². The molecule has 3 rings (SSSR count). The Balaban J connectivity index is 1.77. The van der Waals surface area contributed by atoms with Crippen molar-refractivity contribution in [3.05, 3.63) is 18.3 Å². The Bertz CT molecular complexity index is 543. The molecule has 0 N–H and O–H groups in total. The van der Waals surface area contributed by atoms with Crippen molar-refractivity contribution in [3.8, 4) is 0 Å². The minimum absolute atomic E-state index is 0.527. The molecule has 2 aliphatic rings. The predicted molar refractivity (Wildman–Crippen MR) is 85.6 cm³/mol. The van der Waals surface area contributed by atoms with Crippen LogP contribution in [0.1, 0.15) is 32.1 Å². The zero-order chi connectivity index (χ0) is 14.4. The largest absolute Gasteiger partial charge is 0.359 e. The van der Waals surface area contributed by atoms with E-state index in [1.807, 2.05) is 25.5 Å². The van der Waals surface area contributed by atoms with Crippen molar-refractivity contribution >= 4 is 18.3 Å². The first-order chi connectivity index (χ1) is 9.38. The molecule has 2 fully saturated rings. The van der Waals surface area contributed by atoms with Gasteiger partial charge in [0.15, 0.2) is 0 Å². The first-order valence-corrected chi connectivity index (χ1v) is 10.2. The summed E-state index contributed by atoms with van der Waals surface area (Å²) in [5.74, 6) is 1.95. The number of nitrogens with zero attached hydrogens (tertiary/aromatic N) is 2. The lowest BCUT2D eigenvalue weighted by Crippen LogP contribution is -2.33. The Kier molecular flexibility index (Phi) is 3.44. The number of hydrogen-bond acceptors (Lipinski definition) is 3. The molecule has 0 saturated heterocycles. The molecule has 4 heteroatoms. The first-order valence-electron chi connectivity index (χ1n) is 7.61. The van der Waals surface area contributed by atoms with Gasteiger partial charge < -0.3 is 9.46 Å². The highest BCUT2D eigenvalue weighted by atomic mass is 31.2. The molecule has 0 amide bonds. The Hall–Kier alpha value is -0.820. The maximum Gasteiger partial charge on any atom is 0.128 e. The van der Waals surface area contributed by atoms with E-state index in [1.54, 1.807) is 6.20 Å². The molecular weight excluding hydrogens is 267 g/mol. The molecule has 3 nitrogen and oxygen atoms in total. The van der Waals surface area contributed by atoms with Crippen molar-refractivity contribution in [2.45, 2.75) is 32.1 Å². The number of anilines is 1. The van der Waals surface area contributed by atoms with Gasteiger partial charge in [0.05, 0.1) is 0 Å². The van der Waals surface area contributed by atoms with Crippen LogP contribution in [0.3, 0.4) is 0 Å². The standard InChI is InChI=1S/C16H25N2OP/c1-18(12-16-7-4-13(11-16)5-8-16)15-10-14(6-9-17-15)20(2,3)19/h6,9-10,13H,4-5,7-8,11-12H2,1-3H3. The number of fused-ring (bicyclic) bond motifs is 2. The molecule has 110 valence electrons. The van der Waals surface area contributed by atoms with E-state index < -0.39 is 7.14 Å². The summed E-state index contributed by atoms with van der Waals surface area (Å²) < 4.78 is 12.2.